The van der Waals surface area contributed by atoms with Gasteiger partial charge in [0, 0.05) is 6.42 Å². The minimum absolute atomic E-state index is 0.0322. The SMILES string of the molecule is CC(C)Cc1ccccc1C(CC=O)C(=O)O. The van der Waals surface area contributed by atoms with E-state index in [0.29, 0.717) is 12.2 Å². The largest absolute Gasteiger partial charge is 0.481 e. The first-order chi connectivity index (χ1) is 8.06. The van der Waals surface area contributed by atoms with Crippen molar-refractivity contribution in [1.82, 2.24) is 0 Å². The number of carbonyl (C=O) groups is 2. The van der Waals surface area contributed by atoms with Crippen LogP contribution in [0.2, 0.25) is 0 Å². The number of carbonyl (C=O) groups excluding carboxylic acids is 1. The van der Waals surface area contributed by atoms with Crippen molar-refractivity contribution in [2.75, 3.05) is 0 Å². The predicted molar refractivity (Wildman–Crippen MR) is 66.0 cm³/mol. The molecule has 0 amide bonds. The number of carboxylic acid groups (broad SMARTS) is 1. The Kier molecular flexibility index (Phi) is 4.88. The summed E-state index contributed by atoms with van der Waals surface area (Å²) >= 11 is 0. The Labute approximate surface area is 101 Å². The van der Waals surface area contributed by atoms with Crippen LogP contribution in [-0.4, -0.2) is 17.4 Å². The third kappa shape index (κ3) is 3.70. The van der Waals surface area contributed by atoms with Gasteiger partial charge in [-0.25, -0.2) is 0 Å². The second kappa shape index (κ2) is 6.18. The summed E-state index contributed by atoms with van der Waals surface area (Å²) in [7, 11) is 0. The lowest BCUT2D eigenvalue weighted by Gasteiger charge is -2.16. The van der Waals surface area contributed by atoms with Gasteiger partial charge in [0.1, 0.15) is 6.29 Å². The molecule has 17 heavy (non-hydrogen) atoms. The van der Waals surface area contributed by atoms with Crippen LogP contribution >= 0.6 is 0 Å². The molecule has 1 rings (SSSR count). The van der Waals surface area contributed by atoms with Gasteiger partial charge in [0.15, 0.2) is 0 Å². The van der Waals surface area contributed by atoms with Crippen LogP contribution in [0.25, 0.3) is 0 Å². The molecule has 0 fully saturated rings. The molecule has 0 bridgehead atoms. The molecule has 0 radical (unpaired) electrons. The average Bonchev–Trinajstić information content (AvgIpc) is 2.26. The van der Waals surface area contributed by atoms with E-state index in [-0.39, 0.29) is 6.42 Å². The van der Waals surface area contributed by atoms with Gasteiger partial charge in [-0.3, -0.25) is 4.79 Å². The molecule has 92 valence electrons. The summed E-state index contributed by atoms with van der Waals surface area (Å²) in [6.07, 6.45) is 1.54. The number of carboxylic acids is 1. The van der Waals surface area contributed by atoms with Crippen molar-refractivity contribution in [2.24, 2.45) is 5.92 Å². The van der Waals surface area contributed by atoms with Crippen LogP contribution in [0.4, 0.5) is 0 Å². The molecular formula is C14H18O3. The Morgan fingerprint density at radius 3 is 2.53 bits per heavy atom. The first-order valence-electron chi connectivity index (χ1n) is 5.80. The fourth-order valence-electron chi connectivity index (χ4n) is 1.96. The van der Waals surface area contributed by atoms with Crippen molar-refractivity contribution in [3.05, 3.63) is 35.4 Å². The van der Waals surface area contributed by atoms with E-state index in [2.05, 4.69) is 13.8 Å². The minimum Gasteiger partial charge on any atom is -0.481 e. The summed E-state index contributed by atoms with van der Waals surface area (Å²) < 4.78 is 0. The fraction of sp³-hybridized carbons (Fsp3) is 0.429. The molecule has 0 saturated heterocycles. The number of rotatable bonds is 6. The van der Waals surface area contributed by atoms with Gasteiger partial charge in [0.2, 0.25) is 0 Å². The zero-order chi connectivity index (χ0) is 12.8. The molecule has 0 aliphatic carbocycles. The lowest BCUT2D eigenvalue weighted by molar-refractivity contribution is -0.139. The Hall–Kier alpha value is -1.64. The van der Waals surface area contributed by atoms with E-state index in [4.69, 9.17) is 5.11 Å². The van der Waals surface area contributed by atoms with Gasteiger partial charge in [0.25, 0.3) is 0 Å². The highest BCUT2D eigenvalue weighted by atomic mass is 16.4. The molecular weight excluding hydrogens is 216 g/mol. The molecule has 0 heterocycles. The van der Waals surface area contributed by atoms with E-state index in [0.717, 1.165) is 17.5 Å². The highest BCUT2D eigenvalue weighted by molar-refractivity contribution is 5.79. The van der Waals surface area contributed by atoms with Crippen molar-refractivity contribution in [3.63, 3.8) is 0 Å². The van der Waals surface area contributed by atoms with Gasteiger partial charge in [-0.1, -0.05) is 38.1 Å². The Morgan fingerprint density at radius 1 is 1.35 bits per heavy atom. The molecule has 1 unspecified atom stereocenters. The van der Waals surface area contributed by atoms with Crippen LogP contribution in [0.15, 0.2) is 24.3 Å². The zero-order valence-electron chi connectivity index (χ0n) is 10.2. The van der Waals surface area contributed by atoms with Crippen molar-refractivity contribution in [3.8, 4) is 0 Å². The molecule has 0 aromatic heterocycles. The number of benzene rings is 1. The summed E-state index contributed by atoms with van der Waals surface area (Å²) in [4.78, 5) is 21.7. The Balaban J connectivity index is 3.08. The first kappa shape index (κ1) is 13.4. The van der Waals surface area contributed by atoms with Crippen LogP contribution < -0.4 is 0 Å². The topological polar surface area (TPSA) is 54.4 Å². The molecule has 3 heteroatoms. The summed E-state index contributed by atoms with van der Waals surface area (Å²) in [5, 5.41) is 9.16. The van der Waals surface area contributed by atoms with Gasteiger partial charge < -0.3 is 9.90 Å². The molecule has 1 N–H and O–H groups in total. The average molecular weight is 234 g/mol. The first-order valence-corrected chi connectivity index (χ1v) is 5.80. The van der Waals surface area contributed by atoms with E-state index in [1.165, 1.54) is 0 Å². The normalized spacial score (nSPS) is 12.4. The molecule has 1 aromatic carbocycles. The molecule has 0 aliphatic rings. The molecule has 0 saturated carbocycles. The summed E-state index contributed by atoms with van der Waals surface area (Å²) in [5.74, 6) is -1.20. The van der Waals surface area contributed by atoms with Crippen LogP contribution in [-0.2, 0) is 16.0 Å². The second-order valence-electron chi connectivity index (χ2n) is 4.59. The van der Waals surface area contributed by atoms with Gasteiger partial charge in [0.05, 0.1) is 5.92 Å². The minimum atomic E-state index is -0.937. The zero-order valence-corrected chi connectivity index (χ0v) is 10.2. The van der Waals surface area contributed by atoms with E-state index >= 15 is 0 Å². The maximum Gasteiger partial charge on any atom is 0.311 e. The van der Waals surface area contributed by atoms with Gasteiger partial charge in [-0.2, -0.15) is 0 Å². The fourth-order valence-corrected chi connectivity index (χ4v) is 1.96. The van der Waals surface area contributed by atoms with Crippen molar-refractivity contribution >= 4 is 12.3 Å². The number of aliphatic carboxylic acids is 1. The molecule has 1 aromatic rings. The number of hydrogen-bond donors (Lipinski definition) is 1. The summed E-state index contributed by atoms with van der Waals surface area (Å²) in [6.45, 7) is 4.18. The number of aldehydes is 1. The summed E-state index contributed by atoms with van der Waals surface area (Å²) in [5.41, 5.74) is 1.79. The van der Waals surface area contributed by atoms with E-state index < -0.39 is 11.9 Å². The second-order valence-corrected chi connectivity index (χ2v) is 4.59. The predicted octanol–water partition coefficient (Wildman–Crippen LogP) is 2.64. The van der Waals surface area contributed by atoms with Crippen LogP contribution in [0.3, 0.4) is 0 Å². The molecule has 3 nitrogen and oxygen atoms in total. The van der Waals surface area contributed by atoms with Gasteiger partial charge in [-0.15, -0.1) is 0 Å². The maximum atomic E-state index is 11.2. The van der Waals surface area contributed by atoms with Crippen molar-refractivity contribution < 1.29 is 14.7 Å². The smallest absolute Gasteiger partial charge is 0.311 e. The monoisotopic (exact) mass is 234 g/mol. The third-order valence-electron chi connectivity index (χ3n) is 2.69. The summed E-state index contributed by atoms with van der Waals surface area (Å²) in [6, 6.07) is 7.47. The quantitative estimate of drug-likeness (QED) is 0.770. The third-order valence-corrected chi connectivity index (χ3v) is 2.69. The molecule has 0 spiro atoms. The number of hydrogen-bond acceptors (Lipinski definition) is 2. The van der Waals surface area contributed by atoms with Gasteiger partial charge in [-0.05, 0) is 23.5 Å². The lowest BCUT2D eigenvalue weighted by Crippen LogP contribution is -2.15. The van der Waals surface area contributed by atoms with E-state index in [1.54, 1.807) is 6.07 Å². The van der Waals surface area contributed by atoms with E-state index in [9.17, 15) is 9.59 Å². The van der Waals surface area contributed by atoms with Crippen molar-refractivity contribution in [2.45, 2.75) is 32.6 Å². The van der Waals surface area contributed by atoms with Crippen LogP contribution in [0.1, 0.15) is 37.3 Å². The van der Waals surface area contributed by atoms with E-state index in [1.807, 2.05) is 18.2 Å². The maximum absolute atomic E-state index is 11.2. The van der Waals surface area contributed by atoms with Gasteiger partial charge >= 0.3 is 5.97 Å². The van der Waals surface area contributed by atoms with Crippen molar-refractivity contribution in [1.29, 1.82) is 0 Å². The van der Waals surface area contributed by atoms with Crippen LogP contribution in [0, 0.1) is 5.92 Å². The standard InChI is InChI=1S/C14H18O3/c1-10(2)9-11-5-3-4-6-12(11)13(7-8-15)14(16)17/h3-6,8,10,13H,7,9H2,1-2H3,(H,16,17). The lowest BCUT2D eigenvalue weighted by atomic mass is 9.88. The molecule has 1 atom stereocenters. The Morgan fingerprint density at radius 2 is 2.00 bits per heavy atom. The Bertz CT molecular complexity index is 396. The molecule has 0 aliphatic heterocycles. The highest BCUT2D eigenvalue weighted by Crippen LogP contribution is 2.25. The highest BCUT2D eigenvalue weighted by Gasteiger charge is 2.21. The van der Waals surface area contributed by atoms with Crippen LogP contribution in [0.5, 0.6) is 0 Å².